The summed E-state index contributed by atoms with van der Waals surface area (Å²) in [7, 11) is -13.4. The number of nitrogens with one attached hydrogen (secondary N) is 4. The molecule has 0 atom stereocenters. The summed E-state index contributed by atoms with van der Waals surface area (Å²) in [5, 5.41) is 13.8. The van der Waals surface area contributed by atoms with Crippen molar-refractivity contribution in [2.24, 2.45) is 0 Å². The normalized spacial score (nSPS) is 11.7. The van der Waals surface area contributed by atoms with Crippen LogP contribution in [0.2, 0.25) is 0 Å². The van der Waals surface area contributed by atoms with Gasteiger partial charge in [0.1, 0.15) is 5.75 Å². The minimum atomic E-state index is -4.55. The maximum Gasteiger partial charge on any atom is 1.00 e. The monoisotopic (exact) mass is 839 g/mol. The van der Waals surface area contributed by atoms with Gasteiger partial charge in [-0.1, -0.05) is 31.2 Å². The number of ether oxygens (including phenoxy) is 1. The second kappa shape index (κ2) is 21.3. The zero-order chi connectivity index (χ0) is 38.4. The van der Waals surface area contributed by atoms with Crippen molar-refractivity contribution in [2.45, 2.75) is 60.6 Å². The molecular formula is C33H37N4Na2O13S3-. The van der Waals surface area contributed by atoms with Crippen LogP contribution >= 0.6 is 0 Å². The number of aliphatic carboxylic acids is 1. The maximum atomic E-state index is 13.8. The largest absolute Gasteiger partial charge is 1.00 e. The van der Waals surface area contributed by atoms with E-state index in [4.69, 9.17) is 4.74 Å². The Morgan fingerprint density at radius 3 is 1.60 bits per heavy atom. The molecular weight excluding hydrogens is 803 g/mol. The van der Waals surface area contributed by atoms with E-state index in [-0.39, 0.29) is 165 Å². The van der Waals surface area contributed by atoms with Crippen molar-refractivity contribution in [3.05, 3.63) is 48.6 Å². The van der Waals surface area contributed by atoms with Gasteiger partial charge in [-0.15, -0.1) is 0 Å². The third kappa shape index (κ3) is 12.2. The van der Waals surface area contributed by atoms with Crippen LogP contribution in [-0.4, -0.2) is 81.0 Å². The molecule has 0 saturated heterocycles. The molecule has 4 aromatic carbocycles. The second-order valence-electron chi connectivity index (χ2n) is 11.7. The molecule has 0 heterocycles. The van der Waals surface area contributed by atoms with E-state index in [1.54, 1.807) is 6.29 Å². The van der Waals surface area contributed by atoms with Gasteiger partial charge in [0.05, 0.1) is 14.7 Å². The Hall–Kier alpha value is -2.57. The zero-order valence-electron chi connectivity index (χ0n) is 30.6. The molecule has 0 bridgehead atoms. The first kappa shape index (κ1) is 50.4. The van der Waals surface area contributed by atoms with Crippen LogP contribution in [0.25, 0.3) is 32.3 Å². The number of carboxylic acids is 1. The number of unbranched alkanes of at least 4 members (excludes halogenated alkanes) is 1. The SMILES string of the molecule is C=C(C)C(=O)NCCCNS(=O)(=O)c1cc(OC(C)=O)c2ccc3c(S(=O)(=O)NCCCC(=O)[O-])cc(S(=O)(=O)NCCC[C-]=O)c4ccc1c2c43.[Na+].[Na+].[OH-]. The summed E-state index contributed by atoms with van der Waals surface area (Å²) >= 11 is 0. The summed E-state index contributed by atoms with van der Waals surface area (Å²) in [5.74, 6) is -2.80. The molecule has 0 fully saturated rings. The van der Waals surface area contributed by atoms with Crippen molar-refractivity contribution in [2.75, 3.05) is 26.2 Å². The number of rotatable bonds is 20. The summed E-state index contributed by atoms with van der Waals surface area (Å²) in [5.41, 5.74) is 0.276. The van der Waals surface area contributed by atoms with Gasteiger partial charge in [0.15, 0.2) is 0 Å². The molecule has 55 heavy (non-hydrogen) atoms. The molecule has 0 aliphatic carbocycles. The van der Waals surface area contributed by atoms with Gasteiger partial charge in [0.25, 0.3) is 0 Å². The number of carboxylic acid groups (broad SMARTS) is 1. The topological polar surface area (TPSA) is 281 Å². The Morgan fingerprint density at radius 1 is 0.709 bits per heavy atom. The molecule has 0 saturated carbocycles. The van der Waals surface area contributed by atoms with Gasteiger partial charge in [0, 0.05) is 83.0 Å². The van der Waals surface area contributed by atoms with E-state index >= 15 is 0 Å². The second-order valence-corrected chi connectivity index (χ2v) is 16.9. The molecule has 0 radical (unpaired) electrons. The first-order valence-electron chi connectivity index (χ1n) is 15.9. The van der Waals surface area contributed by atoms with Crippen LogP contribution < -0.4 is 88.4 Å². The summed E-state index contributed by atoms with van der Waals surface area (Å²) in [6.45, 7) is 5.64. The van der Waals surface area contributed by atoms with Gasteiger partial charge in [0.2, 0.25) is 36.0 Å². The minimum Gasteiger partial charge on any atom is -0.870 e. The molecule has 17 nitrogen and oxygen atoms in total. The van der Waals surface area contributed by atoms with Crippen molar-refractivity contribution >= 4 is 86.5 Å². The average molecular weight is 840 g/mol. The molecule has 4 aromatic rings. The molecule has 0 spiro atoms. The van der Waals surface area contributed by atoms with Crippen LogP contribution in [0.1, 0.15) is 46.0 Å². The van der Waals surface area contributed by atoms with Crippen LogP contribution in [0.15, 0.2) is 63.2 Å². The van der Waals surface area contributed by atoms with Crippen molar-refractivity contribution in [3.63, 3.8) is 0 Å². The van der Waals surface area contributed by atoms with Crippen molar-refractivity contribution in [3.8, 4) is 5.75 Å². The Labute approximate surface area is 362 Å². The molecule has 22 heteroatoms. The first-order valence-corrected chi connectivity index (χ1v) is 20.3. The summed E-state index contributed by atoms with van der Waals surface area (Å²) in [4.78, 5) is 44.2. The number of hydrogen-bond acceptors (Lipinski definition) is 13. The molecule has 288 valence electrons. The van der Waals surface area contributed by atoms with E-state index in [0.717, 1.165) is 19.1 Å². The number of hydrogen-bond donors (Lipinski definition) is 4. The van der Waals surface area contributed by atoms with E-state index in [1.165, 1.54) is 31.2 Å². The standard InChI is InChI=1S/C33H37N4O12S3.2Na.H2O/c1-20(2)33(42)34-13-7-16-37-50(43,44)27-18-26(49-21(3)39)22-9-10-24-28(52(47,48)36-15-6-8-30(40)41)19-29(51(45,46)35-14-4-5-17-38)25-12-11-23(27)31(22)32(24)25;;;/h9-12,18-19,35-37H,1,4-8,13-16H2,2-3H3,(H,34,42)(H,40,41);;;1H2/q-1;2*+1;/p-2. The fourth-order valence-corrected chi connectivity index (χ4v) is 9.43. The molecule has 0 aromatic heterocycles. The van der Waals surface area contributed by atoms with Gasteiger partial charge in [-0.3, -0.25) is 15.9 Å². The number of carbonyl (C=O) groups excluding carboxylic acids is 4. The van der Waals surface area contributed by atoms with Crippen LogP contribution in [0.3, 0.4) is 0 Å². The quantitative estimate of drug-likeness (QED) is 0.0123. The van der Waals surface area contributed by atoms with Crippen molar-refractivity contribution in [1.29, 1.82) is 0 Å². The van der Waals surface area contributed by atoms with E-state index in [9.17, 15) is 49.5 Å². The number of amides is 1. The third-order valence-corrected chi connectivity index (χ3v) is 12.3. The molecule has 1 amide bonds. The van der Waals surface area contributed by atoms with E-state index in [1.807, 2.05) is 0 Å². The van der Waals surface area contributed by atoms with Gasteiger partial charge < -0.3 is 30.2 Å². The van der Waals surface area contributed by atoms with E-state index in [0.29, 0.717) is 0 Å². The fourth-order valence-electron chi connectivity index (χ4n) is 5.46. The molecule has 0 aliphatic rings. The smallest absolute Gasteiger partial charge is 0.870 e. The average Bonchev–Trinajstić information content (AvgIpc) is 3.06. The predicted octanol–water partition coefficient (Wildman–Crippen LogP) is -5.32. The van der Waals surface area contributed by atoms with Gasteiger partial charge in [-0.2, -0.15) is 6.42 Å². The molecule has 0 unspecified atom stereocenters. The van der Waals surface area contributed by atoms with E-state index < -0.39 is 64.1 Å². The van der Waals surface area contributed by atoms with Crippen LogP contribution in [0, 0.1) is 0 Å². The van der Waals surface area contributed by atoms with Gasteiger partial charge in [-0.05, 0) is 38.3 Å². The Morgan fingerprint density at radius 2 is 1.15 bits per heavy atom. The zero-order valence-corrected chi connectivity index (χ0v) is 37.1. The van der Waals surface area contributed by atoms with Crippen molar-refractivity contribution in [1.82, 2.24) is 19.5 Å². The first-order chi connectivity index (χ1) is 24.4. The number of benzene rings is 4. The minimum absolute atomic E-state index is 0. The number of carbonyl (C=O) groups is 3. The Kier molecular flexibility index (Phi) is 19.5. The van der Waals surface area contributed by atoms with Crippen LogP contribution in [-0.2, 0) is 49.2 Å². The Balaban J connectivity index is 0.00000504. The molecule has 5 N–H and O–H groups in total. The number of sulfonamides is 3. The van der Waals surface area contributed by atoms with E-state index in [2.05, 4.69) is 26.1 Å². The summed E-state index contributed by atoms with van der Waals surface area (Å²) < 4.78 is 95.1. The van der Waals surface area contributed by atoms with Crippen LogP contribution in [0.5, 0.6) is 5.75 Å². The summed E-state index contributed by atoms with van der Waals surface area (Å²) in [6.07, 6.45) is 1.30. The third-order valence-electron chi connectivity index (χ3n) is 7.79. The number of esters is 1. The van der Waals surface area contributed by atoms with Gasteiger partial charge in [-0.25, -0.2) is 39.4 Å². The maximum absolute atomic E-state index is 13.8. The summed E-state index contributed by atoms with van der Waals surface area (Å²) in [6, 6.07) is 7.54. The van der Waals surface area contributed by atoms with Crippen LogP contribution in [0.4, 0.5) is 0 Å². The fraction of sp³-hybridized carbons (Fsp3) is 0.333. The predicted molar refractivity (Wildman–Crippen MR) is 191 cm³/mol. The Bertz CT molecular complexity index is 2410. The molecule has 4 rings (SSSR count). The molecule has 0 aliphatic heterocycles. The van der Waals surface area contributed by atoms with Crippen molar-refractivity contribution < 1.29 is 119 Å². The van der Waals surface area contributed by atoms with Gasteiger partial charge >= 0.3 is 65.1 Å².